The molecule has 1 N–H and O–H groups in total. The van der Waals surface area contributed by atoms with Gasteiger partial charge >= 0.3 is 0 Å². The van der Waals surface area contributed by atoms with Gasteiger partial charge in [-0.2, -0.15) is 5.10 Å². The number of hydrogen-bond donors (Lipinski definition) is 1. The van der Waals surface area contributed by atoms with Crippen LogP contribution in [0.1, 0.15) is 22.5 Å². The summed E-state index contributed by atoms with van der Waals surface area (Å²) in [7, 11) is 0. The number of nitrogens with one attached hydrogen (secondary N) is 1. The molecule has 2 aromatic carbocycles. The van der Waals surface area contributed by atoms with E-state index in [0.29, 0.717) is 30.8 Å². The summed E-state index contributed by atoms with van der Waals surface area (Å²) in [6.07, 6.45) is 4.29. The minimum atomic E-state index is 0.00416. The Morgan fingerprint density at radius 2 is 1.83 bits per heavy atom. The van der Waals surface area contributed by atoms with Crippen molar-refractivity contribution in [1.29, 1.82) is 0 Å². The van der Waals surface area contributed by atoms with Crippen LogP contribution in [0.5, 0.6) is 0 Å². The molecule has 0 saturated carbocycles. The van der Waals surface area contributed by atoms with Gasteiger partial charge in [-0.1, -0.05) is 48.5 Å². The van der Waals surface area contributed by atoms with E-state index in [1.807, 2.05) is 71.6 Å². The Labute approximate surface area is 203 Å². The number of rotatable bonds is 6. The number of aromatic nitrogens is 3. The van der Waals surface area contributed by atoms with E-state index >= 15 is 0 Å². The summed E-state index contributed by atoms with van der Waals surface area (Å²) in [6.45, 7) is 1.80. The Kier molecular flexibility index (Phi) is 5.50. The fraction of sp³-hybridized carbons (Fsp3) is 0.179. The smallest absolute Gasteiger partial charge is 0.254 e. The molecule has 0 spiro atoms. The fourth-order valence-electron chi connectivity index (χ4n) is 4.65. The Bertz CT molecular complexity index is 1450. The molecule has 3 aromatic heterocycles. The van der Waals surface area contributed by atoms with Gasteiger partial charge < -0.3 is 14.6 Å². The Balaban J connectivity index is 1.34. The standard InChI is InChI=1S/C28H25N5O2/c34-28(32-14-13-22(18-32)30-21-10-5-2-6-11-21)24-16-26(20-8-3-1-4-9-20)31-27-25(24)17-29-33(27)19-23-12-7-15-35-23/h1-12,15-17,22,30H,13-14,18-19H2. The molecule has 1 aliphatic heterocycles. The highest BCUT2D eigenvalue weighted by atomic mass is 16.3. The molecule has 1 saturated heterocycles. The molecule has 1 amide bonds. The van der Waals surface area contributed by atoms with Gasteiger partial charge in [0.25, 0.3) is 5.91 Å². The number of anilines is 1. The van der Waals surface area contributed by atoms with Crippen LogP contribution in [0.15, 0.2) is 95.7 Å². The van der Waals surface area contributed by atoms with Crippen LogP contribution < -0.4 is 5.32 Å². The maximum atomic E-state index is 13.8. The number of pyridine rings is 1. The van der Waals surface area contributed by atoms with Crippen molar-refractivity contribution in [3.8, 4) is 11.3 Å². The Morgan fingerprint density at radius 3 is 2.60 bits per heavy atom. The average molecular weight is 464 g/mol. The van der Waals surface area contributed by atoms with Gasteiger partial charge in [0, 0.05) is 30.4 Å². The highest BCUT2D eigenvalue weighted by molar-refractivity contribution is 6.06. The Hall–Kier alpha value is -4.39. The molecule has 1 unspecified atom stereocenters. The number of furan rings is 1. The summed E-state index contributed by atoms with van der Waals surface area (Å²) < 4.78 is 7.31. The molecule has 0 aliphatic carbocycles. The monoisotopic (exact) mass is 463 g/mol. The molecule has 5 aromatic rings. The summed E-state index contributed by atoms with van der Waals surface area (Å²) >= 11 is 0. The number of hydrogen-bond acceptors (Lipinski definition) is 5. The van der Waals surface area contributed by atoms with E-state index < -0.39 is 0 Å². The number of amides is 1. The van der Waals surface area contributed by atoms with Gasteiger partial charge in [0.2, 0.25) is 0 Å². The molecule has 4 heterocycles. The molecule has 1 aliphatic rings. The molecule has 174 valence electrons. The molecular weight excluding hydrogens is 438 g/mol. The van der Waals surface area contributed by atoms with Crippen molar-refractivity contribution >= 4 is 22.6 Å². The van der Waals surface area contributed by atoms with Crippen LogP contribution in [0.3, 0.4) is 0 Å². The van der Waals surface area contributed by atoms with Crippen LogP contribution in [0.2, 0.25) is 0 Å². The lowest BCUT2D eigenvalue weighted by Crippen LogP contribution is -2.31. The lowest BCUT2D eigenvalue weighted by Gasteiger charge is -2.19. The Morgan fingerprint density at radius 1 is 1.03 bits per heavy atom. The van der Waals surface area contributed by atoms with E-state index in [1.165, 1.54) is 0 Å². The number of para-hydroxylation sites is 1. The number of benzene rings is 2. The lowest BCUT2D eigenvalue weighted by molar-refractivity contribution is 0.0793. The minimum absolute atomic E-state index is 0.00416. The maximum Gasteiger partial charge on any atom is 0.254 e. The van der Waals surface area contributed by atoms with E-state index in [4.69, 9.17) is 9.40 Å². The van der Waals surface area contributed by atoms with Gasteiger partial charge in [-0.15, -0.1) is 0 Å². The van der Waals surface area contributed by atoms with Crippen molar-refractivity contribution in [3.05, 3.63) is 103 Å². The first kappa shape index (κ1) is 21.2. The zero-order chi connectivity index (χ0) is 23.6. The van der Waals surface area contributed by atoms with Gasteiger partial charge in [0.15, 0.2) is 5.65 Å². The summed E-state index contributed by atoms with van der Waals surface area (Å²) in [5, 5.41) is 8.85. The lowest BCUT2D eigenvalue weighted by atomic mass is 10.1. The number of carbonyl (C=O) groups is 1. The first-order valence-electron chi connectivity index (χ1n) is 11.8. The molecule has 35 heavy (non-hydrogen) atoms. The number of fused-ring (bicyclic) bond motifs is 1. The van der Waals surface area contributed by atoms with Crippen molar-refractivity contribution in [2.45, 2.75) is 19.0 Å². The summed E-state index contributed by atoms with van der Waals surface area (Å²) in [4.78, 5) is 20.6. The van der Waals surface area contributed by atoms with Gasteiger partial charge in [-0.05, 0) is 36.8 Å². The van der Waals surface area contributed by atoms with Crippen molar-refractivity contribution in [2.24, 2.45) is 0 Å². The van der Waals surface area contributed by atoms with Gasteiger partial charge in [0.1, 0.15) is 12.3 Å². The molecule has 7 nitrogen and oxygen atoms in total. The normalized spacial score (nSPS) is 15.5. The molecular formula is C28H25N5O2. The zero-order valence-corrected chi connectivity index (χ0v) is 19.2. The van der Waals surface area contributed by atoms with Crippen molar-refractivity contribution in [1.82, 2.24) is 19.7 Å². The highest BCUT2D eigenvalue weighted by Crippen LogP contribution is 2.28. The number of likely N-dealkylation sites (tertiary alicyclic amines) is 1. The third-order valence-corrected chi connectivity index (χ3v) is 6.41. The number of carbonyl (C=O) groups excluding carboxylic acids is 1. The summed E-state index contributed by atoms with van der Waals surface area (Å²) in [5.74, 6) is 0.786. The third kappa shape index (κ3) is 4.28. The fourth-order valence-corrected chi connectivity index (χ4v) is 4.65. The molecule has 6 rings (SSSR count). The molecule has 1 atom stereocenters. The maximum absolute atomic E-state index is 13.8. The average Bonchev–Trinajstić information content (AvgIpc) is 3.67. The first-order valence-corrected chi connectivity index (χ1v) is 11.8. The van der Waals surface area contributed by atoms with E-state index in [0.717, 1.165) is 34.5 Å². The van der Waals surface area contributed by atoms with Crippen LogP contribution in [0.4, 0.5) is 5.69 Å². The van der Waals surface area contributed by atoms with Crippen molar-refractivity contribution in [3.63, 3.8) is 0 Å². The quantitative estimate of drug-likeness (QED) is 0.381. The van der Waals surface area contributed by atoms with E-state index in [9.17, 15) is 4.79 Å². The van der Waals surface area contributed by atoms with E-state index in [2.05, 4.69) is 22.5 Å². The van der Waals surface area contributed by atoms with Crippen molar-refractivity contribution in [2.75, 3.05) is 18.4 Å². The molecule has 7 heteroatoms. The zero-order valence-electron chi connectivity index (χ0n) is 19.2. The van der Waals surface area contributed by atoms with E-state index in [1.54, 1.807) is 17.1 Å². The first-order chi connectivity index (χ1) is 17.2. The highest BCUT2D eigenvalue weighted by Gasteiger charge is 2.29. The summed E-state index contributed by atoms with van der Waals surface area (Å²) in [6, 6.07) is 25.9. The predicted octanol–water partition coefficient (Wildman–Crippen LogP) is 5.07. The largest absolute Gasteiger partial charge is 0.467 e. The van der Waals surface area contributed by atoms with Crippen LogP contribution >= 0.6 is 0 Å². The van der Waals surface area contributed by atoms with Crippen LogP contribution in [-0.2, 0) is 6.54 Å². The second-order valence-electron chi connectivity index (χ2n) is 8.79. The minimum Gasteiger partial charge on any atom is -0.467 e. The van der Waals surface area contributed by atoms with Crippen molar-refractivity contribution < 1.29 is 9.21 Å². The molecule has 0 radical (unpaired) electrons. The third-order valence-electron chi connectivity index (χ3n) is 6.41. The summed E-state index contributed by atoms with van der Waals surface area (Å²) in [5.41, 5.74) is 4.08. The van der Waals surface area contributed by atoms with Gasteiger partial charge in [-0.3, -0.25) is 4.79 Å². The molecule has 0 bridgehead atoms. The second kappa shape index (κ2) is 9.10. The second-order valence-corrected chi connectivity index (χ2v) is 8.79. The topological polar surface area (TPSA) is 76.2 Å². The van der Waals surface area contributed by atoms with Crippen LogP contribution in [0, 0.1) is 0 Å². The SMILES string of the molecule is O=C(c1cc(-c2ccccc2)nc2c1cnn2Cc1ccco1)N1CCC(Nc2ccccc2)C1. The number of nitrogens with zero attached hydrogens (tertiary/aromatic N) is 4. The molecule has 1 fully saturated rings. The van der Waals surface area contributed by atoms with Gasteiger partial charge in [0.05, 0.1) is 29.1 Å². The van der Waals surface area contributed by atoms with Gasteiger partial charge in [-0.25, -0.2) is 9.67 Å². The predicted molar refractivity (Wildman–Crippen MR) is 135 cm³/mol. The van der Waals surface area contributed by atoms with Crippen LogP contribution in [0.25, 0.3) is 22.3 Å². The van der Waals surface area contributed by atoms with E-state index in [-0.39, 0.29) is 11.9 Å². The van der Waals surface area contributed by atoms with Crippen LogP contribution in [-0.4, -0.2) is 44.7 Å².